The first-order chi connectivity index (χ1) is 16.1. The summed E-state index contributed by atoms with van der Waals surface area (Å²) in [7, 11) is 0. The maximum Gasteiger partial charge on any atom is 0.278 e. The Hall–Kier alpha value is -3.85. The molecule has 170 valence electrons. The van der Waals surface area contributed by atoms with E-state index in [0.29, 0.717) is 24.0 Å². The normalized spacial score (nSPS) is 14.6. The average molecular weight is 447 g/mol. The zero-order chi connectivity index (χ0) is 23.0. The summed E-state index contributed by atoms with van der Waals surface area (Å²) in [6.07, 6.45) is 4.23. The number of aromatic nitrogens is 3. The molecule has 9 heteroatoms. The van der Waals surface area contributed by atoms with Crippen molar-refractivity contribution >= 4 is 28.8 Å². The lowest BCUT2D eigenvalue weighted by molar-refractivity contribution is -0.134. The van der Waals surface area contributed by atoms with Crippen molar-refractivity contribution in [3.05, 3.63) is 76.6 Å². The molecule has 3 aromatic rings. The van der Waals surface area contributed by atoms with Crippen LogP contribution in [0.4, 0.5) is 0 Å². The van der Waals surface area contributed by atoms with Crippen molar-refractivity contribution in [1.29, 1.82) is 0 Å². The first-order valence-electron chi connectivity index (χ1n) is 10.9. The summed E-state index contributed by atoms with van der Waals surface area (Å²) in [5.41, 5.74) is 1.25. The highest BCUT2D eigenvalue weighted by atomic mass is 16.2. The van der Waals surface area contributed by atoms with E-state index >= 15 is 0 Å². The Balaban J connectivity index is 1.20. The van der Waals surface area contributed by atoms with Gasteiger partial charge in [-0.25, -0.2) is 4.68 Å². The van der Waals surface area contributed by atoms with E-state index in [-0.39, 0.29) is 24.6 Å². The largest absolute Gasteiger partial charge is 0.345 e. The van der Waals surface area contributed by atoms with E-state index in [9.17, 15) is 14.4 Å². The van der Waals surface area contributed by atoms with Crippen LogP contribution in [0.15, 0.2) is 65.5 Å². The molecule has 1 aliphatic rings. The van der Waals surface area contributed by atoms with Crippen molar-refractivity contribution in [2.75, 3.05) is 39.3 Å². The molecule has 0 aliphatic carbocycles. The molecule has 0 bridgehead atoms. The number of rotatable bonds is 7. The summed E-state index contributed by atoms with van der Waals surface area (Å²) in [5, 5.41) is 10.7. The van der Waals surface area contributed by atoms with Gasteiger partial charge in [0.25, 0.3) is 5.56 Å². The summed E-state index contributed by atoms with van der Waals surface area (Å²) < 4.78 is 1.00. The van der Waals surface area contributed by atoms with Crippen LogP contribution in [-0.4, -0.2) is 75.9 Å². The number of nitrogens with zero attached hydrogens (tertiary/aromatic N) is 5. The lowest BCUT2D eigenvalue weighted by atomic mass is 10.2. The third kappa shape index (κ3) is 5.89. The smallest absolute Gasteiger partial charge is 0.278 e. The lowest BCUT2D eigenvalue weighted by Gasteiger charge is -2.34. The fourth-order valence-electron chi connectivity index (χ4n) is 3.69. The summed E-state index contributed by atoms with van der Waals surface area (Å²) in [6, 6.07) is 17.0. The molecule has 33 heavy (non-hydrogen) atoms. The Morgan fingerprint density at radius 3 is 2.48 bits per heavy atom. The molecule has 1 saturated heterocycles. The number of carbonyl (C=O) groups excluding carboxylic acids is 2. The number of nitrogens with one attached hydrogen (secondary N) is 1. The van der Waals surface area contributed by atoms with Gasteiger partial charge in [-0.2, -0.15) is 0 Å². The van der Waals surface area contributed by atoms with Gasteiger partial charge < -0.3 is 10.2 Å². The van der Waals surface area contributed by atoms with Crippen LogP contribution in [0, 0.1) is 0 Å². The Morgan fingerprint density at radius 2 is 1.70 bits per heavy atom. The topological polar surface area (TPSA) is 100 Å². The standard InChI is InChI=1S/C24H26N6O3/c31-22(18-30-24(33)20-10-4-5-11-21(20)26-27-30)25-17-23(32)29-15-13-28(14-16-29)12-6-9-19-7-2-1-3-8-19/h1-11H,12-18H2,(H,25,31). The van der Waals surface area contributed by atoms with Gasteiger partial charge >= 0.3 is 0 Å². The second-order valence-electron chi connectivity index (χ2n) is 7.84. The highest BCUT2D eigenvalue weighted by Crippen LogP contribution is 2.05. The van der Waals surface area contributed by atoms with Crippen LogP contribution in [0.5, 0.6) is 0 Å². The number of fused-ring (bicyclic) bond motifs is 1. The van der Waals surface area contributed by atoms with Gasteiger partial charge in [-0.1, -0.05) is 59.8 Å². The molecule has 1 aliphatic heterocycles. The Labute approximate surface area is 191 Å². The van der Waals surface area contributed by atoms with Gasteiger partial charge in [0.15, 0.2) is 0 Å². The molecule has 0 atom stereocenters. The maximum absolute atomic E-state index is 12.5. The molecule has 2 heterocycles. The highest BCUT2D eigenvalue weighted by molar-refractivity contribution is 5.85. The molecule has 0 unspecified atom stereocenters. The maximum atomic E-state index is 12.5. The van der Waals surface area contributed by atoms with E-state index < -0.39 is 5.91 Å². The number of hydrogen-bond acceptors (Lipinski definition) is 6. The van der Waals surface area contributed by atoms with Crippen LogP contribution in [0.3, 0.4) is 0 Å². The number of benzene rings is 2. The van der Waals surface area contributed by atoms with Crippen molar-refractivity contribution in [1.82, 2.24) is 30.1 Å². The molecule has 0 spiro atoms. The van der Waals surface area contributed by atoms with Gasteiger partial charge in [0, 0.05) is 32.7 Å². The zero-order valence-electron chi connectivity index (χ0n) is 18.3. The van der Waals surface area contributed by atoms with Gasteiger partial charge in [0.05, 0.1) is 11.9 Å². The van der Waals surface area contributed by atoms with E-state index in [1.165, 1.54) is 5.56 Å². The molecule has 2 amide bonds. The van der Waals surface area contributed by atoms with Crippen molar-refractivity contribution in [2.45, 2.75) is 6.54 Å². The van der Waals surface area contributed by atoms with Crippen molar-refractivity contribution < 1.29 is 9.59 Å². The first kappa shape index (κ1) is 22.3. The Bertz CT molecular complexity index is 1200. The monoisotopic (exact) mass is 446 g/mol. The highest BCUT2D eigenvalue weighted by Gasteiger charge is 2.21. The molecule has 1 fully saturated rings. The molecular weight excluding hydrogens is 420 g/mol. The predicted molar refractivity (Wildman–Crippen MR) is 125 cm³/mol. The number of hydrogen-bond donors (Lipinski definition) is 1. The van der Waals surface area contributed by atoms with Crippen molar-refractivity contribution in [3.8, 4) is 0 Å². The van der Waals surface area contributed by atoms with Crippen LogP contribution in [0.1, 0.15) is 5.56 Å². The lowest BCUT2D eigenvalue weighted by Crippen LogP contribution is -2.51. The molecule has 0 saturated carbocycles. The third-order valence-corrected chi connectivity index (χ3v) is 5.56. The van der Waals surface area contributed by atoms with Crippen LogP contribution >= 0.6 is 0 Å². The molecule has 1 aromatic heterocycles. The molecular formula is C24H26N6O3. The second-order valence-corrected chi connectivity index (χ2v) is 7.84. The summed E-state index contributed by atoms with van der Waals surface area (Å²) in [6.45, 7) is 3.22. The quantitative estimate of drug-likeness (QED) is 0.575. The molecule has 2 aromatic carbocycles. The van der Waals surface area contributed by atoms with Gasteiger partial charge in [-0.3, -0.25) is 19.3 Å². The minimum atomic E-state index is -0.459. The van der Waals surface area contributed by atoms with E-state index in [4.69, 9.17) is 0 Å². The summed E-state index contributed by atoms with van der Waals surface area (Å²) >= 11 is 0. The zero-order valence-corrected chi connectivity index (χ0v) is 18.3. The van der Waals surface area contributed by atoms with E-state index in [1.807, 2.05) is 18.2 Å². The first-order valence-corrected chi connectivity index (χ1v) is 10.9. The van der Waals surface area contributed by atoms with Crippen LogP contribution in [-0.2, 0) is 16.1 Å². The average Bonchev–Trinajstić information content (AvgIpc) is 2.85. The summed E-state index contributed by atoms with van der Waals surface area (Å²) in [5.74, 6) is -0.598. The van der Waals surface area contributed by atoms with E-state index in [2.05, 4.69) is 44.8 Å². The summed E-state index contributed by atoms with van der Waals surface area (Å²) in [4.78, 5) is 41.2. The van der Waals surface area contributed by atoms with Crippen molar-refractivity contribution in [2.24, 2.45) is 0 Å². The predicted octanol–water partition coefficient (Wildman–Crippen LogP) is 0.765. The van der Waals surface area contributed by atoms with Crippen molar-refractivity contribution in [3.63, 3.8) is 0 Å². The second kappa shape index (κ2) is 10.6. The third-order valence-electron chi connectivity index (χ3n) is 5.56. The molecule has 9 nitrogen and oxygen atoms in total. The van der Waals surface area contributed by atoms with Gasteiger partial charge in [0.2, 0.25) is 11.8 Å². The van der Waals surface area contributed by atoms with Crippen LogP contribution in [0.2, 0.25) is 0 Å². The number of carbonyl (C=O) groups is 2. The molecule has 0 radical (unpaired) electrons. The van der Waals surface area contributed by atoms with Crippen LogP contribution in [0.25, 0.3) is 17.0 Å². The molecule has 1 N–H and O–H groups in total. The number of piperazine rings is 1. The Kier molecular flexibility index (Phi) is 7.21. The van der Waals surface area contributed by atoms with Crippen LogP contribution < -0.4 is 10.9 Å². The van der Waals surface area contributed by atoms with Gasteiger partial charge in [-0.15, -0.1) is 5.10 Å². The fraction of sp³-hybridized carbons (Fsp3) is 0.292. The van der Waals surface area contributed by atoms with Gasteiger partial charge in [-0.05, 0) is 17.7 Å². The van der Waals surface area contributed by atoms with E-state index in [1.54, 1.807) is 29.2 Å². The van der Waals surface area contributed by atoms with E-state index in [0.717, 1.165) is 24.3 Å². The SMILES string of the molecule is O=C(Cn1nnc2ccccc2c1=O)NCC(=O)N1CCN(CC=Cc2ccccc2)CC1. The Morgan fingerprint density at radius 1 is 0.970 bits per heavy atom. The van der Waals surface area contributed by atoms with Gasteiger partial charge in [0.1, 0.15) is 12.1 Å². The minimum absolute atomic E-state index is 0.109. The fourth-order valence-corrected chi connectivity index (χ4v) is 3.69. The molecule has 4 rings (SSSR count). The minimum Gasteiger partial charge on any atom is -0.345 e. The number of amides is 2.